The van der Waals surface area contributed by atoms with Crippen LogP contribution in [0, 0.1) is 5.41 Å². The van der Waals surface area contributed by atoms with Crippen LogP contribution in [0.5, 0.6) is 0 Å². The lowest BCUT2D eigenvalue weighted by molar-refractivity contribution is -0.147. The lowest BCUT2D eigenvalue weighted by Crippen LogP contribution is -2.35. The summed E-state index contributed by atoms with van der Waals surface area (Å²) in [4.78, 5) is 25.6. The molecule has 1 aromatic heterocycles. The number of para-hydroxylation sites is 1. The van der Waals surface area contributed by atoms with Crippen LogP contribution in [-0.2, 0) is 11.8 Å². The van der Waals surface area contributed by atoms with Gasteiger partial charge in [0, 0.05) is 31.0 Å². The predicted octanol–water partition coefficient (Wildman–Crippen LogP) is 2.12. The first-order valence-corrected chi connectivity index (χ1v) is 6.99. The zero-order chi connectivity index (χ0) is 15.2. The van der Waals surface area contributed by atoms with Crippen LogP contribution < -0.4 is 0 Å². The average Bonchev–Trinajstić information content (AvgIpc) is 3.01. The molecule has 1 fully saturated rings. The maximum atomic E-state index is 12.7. The van der Waals surface area contributed by atoms with Crippen LogP contribution in [0.15, 0.2) is 30.3 Å². The number of benzene rings is 1. The fraction of sp³-hybridized carbons (Fsp3) is 0.375. The second kappa shape index (κ2) is 4.62. The van der Waals surface area contributed by atoms with Gasteiger partial charge in [0.05, 0.1) is 5.41 Å². The van der Waals surface area contributed by atoms with Gasteiger partial charge in [-0.15, -0.1) is 0 Å². The minimum absolute atomic E-state index is 0.0984. The Morgan fingerprint density at radius 1 is 1.29 bits per heavy atom. The summed E-state index contributed by atoms with van der Waals surface area (Å²) < 4.78 is 1.87. The van der Waals surface area contributed by atoms with Crippen molar-refractivity contribution in [3.63, 3.8) is 0 Å². The van der Waals surface area contributed by atoms with Gasteiger partial charge in [-0.25, -0.2) is 0 Å². The lowest BCUT2D eigenvalue weighted by atomic mass is 9.90. The maximum absolute atomic E-state index is 12.7. The molecule has 0 bridgehead atoms. The Hall–Kier alpha value is -2.30. The van der Waals surface area contributed by atoms with Crippen LogP contribution in [-0.4, -0.2) is 39.5 Å². The molecule has 0 radical (unpaired) electrons. The van der Waals surface area contributed by atoms with Crippen molar-refractivity contribution in [1.29, 1.82) is 0 Å². The molecule has 5 nitrogen and oxygen atoms in total. The quantitative estimate of drug-likeness (QED) is 0.919. The van der Waals surface area contributed by atoms with E-state index in [1.165, 1.54) is 0 Å². The van der Waals surface area contributed by atoms with Gasteiger partial charge in [0.15, 0.2) is 0 Å². The summed E-state index contributed by atoms with van der Waals surface area (Å²) in [7, 11) is 1.86. The SMILES string of the molecule is Cn1c(C(=O)N2CCC(C)(C(=O)O)C2)cc2ccccc21. The van der Waals surface area contributed by atoms with E-state index in [4.69, 9.17) is 0 Å². The molecule has 1 aromatic carbocycles. The Labute approximate surface area is 122 Å². The minimum Gasteiger partial charge on any atom is -0.481 e. The van der Waals surface area contributed by atoms with Crippen molar-refractivity contribution in [2.75, 3.05) is 13.1 Å². The molecule has 2 heterocycles. The van der Waals surface area contributed by atoms with Crippen molar-refractivity contribution in [2.45, 2.75) is 13.3 Å². The third-order valence-electron chi connectivity index (χ3n) is 4.45. The minimum atomic E-state index is -0.838. The molecule has 1 N–H and O–H groups in total. The predicted molar refractivity (Wildman–Crippen MR) is 79.2 cm³/mol. The first-order chi connectivity index (χ1) is 9.92. The van der Waals surface area contributed by atoms with Crippen molar-refractivity contribution in [3.8, 4) is 0 Å². The Morgan fingerprint density at radius 3 is 2.62 bits per heavy atom. The highest BCUT2D eigenvalue weighted by Crippen LogP contribution is 2.31. The first-order valence-electron chi connectivity index (χ1n) is 6.99. The monoisotopic (exact) mass is 286 g/mol. The summed E-state index contributed by atoms with van der Waals surface area (Å²) in [6.45, 7) is 2.45. The highest BCUT2D eigenvalue weighted by atomic mass is 16.4. The number of fused-ring (bicyclic) bond motifs is 1. The highest BCUT2D eigenvalue weighted by Gasteiger charge is 2.42. The molecule has 2 aromatic rings. The molecule has 3 rings (SSSR count). The fourth-order valence-electron chi connectivity index (χ4n) is 2.97. The van der Waals surface area contributed by atoms with E-state index in [-0.39, 0.29) is 12.5 Å². The number of likely N-dealkylation sites (tertiary alicyclic amines) is 1. The number of aryl methyl sites for hydroxylation is 1. The number of carboxylic acid groups (broad SMARTS) is 1. The number of hydrogen-bond donors (Lipinski definition) is 1. The van der Waals surface area contributed by atoms with Gasteiger partial charge in [0.2, 0.25) is 0 Å². The Kier molecular flexibility index (Phi) is 3.01. The maximum Gasteiger partial charge on any atom is 0.311 e. The first kappa shape index (κ1) is 13.7. The Balaban J connectivity index is 1.92. The third kappa shape index (κ3) is 2.09. The number of aromatic nitrogens is 1. The van der Waals surface area contributed by atoms with E-state index >= 15 is 0 Å². The van der Waals surface area contributed by atoms with E-state index in [0.717, 1.165) is 10.9 Å². The van der Waals surface area contributed by atoms with Crippen LogP contribution in [0.2, 0.25) is 0 Å². The van der Waals surface area contributed by atoms with Crippen LogP contribution in [0.4, 0.5) is 0 Å². The number of hydrogen-bond acceptors (Lipinski definition) is 2. The number of carbonyl (C=O) groups is 2. The molecule has 1 unspecified atom stereocenters. The Bertz CT molecular complexity index is 734. The van der Waals surface area contributed by atoms with Crippen molar-refractivity contribution in [1.82, 2.24) is 9.47 Å². The number of aliphatic carboxylic acids is 1. The summed E-state index contributed by atoms with van der Waals surface area (Å²) in [5.74, 6) is -0.937. The number of amides is 1. The zero-order valence-electron chi connectivity index (χ0n) is 12.2. The topological polar surface area (TPSA) is 62.5 Å². The molecular formula is C16H18N2O3. The molecule has 1 atom stereocenters. The molecule has 1 amide bonds. The van der Waals surface area contributed by atoms with Crippen LogP contribution >= 0.6 is 0 Å². The van der Waals surface area contributed by atoms with E-state index < -0.39 is 11.4 Å². The van der Waals surface area contributed by atoms with Crippen molar-refractivity contribution < 1.29 is 14.7 Å². The summed E-state index contributed by atoms with van der Waals surface area (Å²) in [6.07, 6.45) is 0.498. The van der Waals surface area contributed by atoms with Gasteiger partial charge in [0.25, 0.3) is 5.91 Å². The smallest absolute Gasteiger partial charge is 0.311 e. The van der Waals surface area contributed by atoms with E-state index in [1.54, 1.807) is 11.8 Å². The molecule has 110 valence electrons. The van der Waals surface area contributed by atoms with Crippen LogP contribution in [0.25, 0.3) is 10.9 Å². The second-order valence-electron chi connectivity index (χ2n) is 5.99. The zero-order valence-corrected chi connectivity index (χ0v) is 12.2. The van der Waals surface area contributed by atoms with E-state index in [9.17, 15) is 14.7 Å². The molecule has 5 heteroatoms. The third-order valence-corrected chi connectivity index (χ3v) is 4.45. The molecule has 0 aliphatic carbocycles. The number of rotatable bonds is 2. The van der Waals surface area contributed by atoms with Crippen molar-refractivity contribution in [3.05, 3.63) is 36.0 Å². The second-order valence-corrected chi connectivity index (χ2v) is 5.99. The summed E-state index contributed by atoms with van der Waals surface area (Å²) in [6, 6.07) is 9.69. The molecule has 0 saturated carbocycles. The standard InChI is InChI=1S/C16H18N2O3/c1-16(15(20)21)7-8-18(10-16)14(19)13-9-11-5-3-4-6-12(11)17(13)2/h3-6,9H,7-8,10H2,1-2H3,(H,20,21). The van der Waals surface area contributed by atoms with Gasteiger partial charge in [-0.2, -0.15) is 0 Å². The largest absolute Gasteiger partial charge is 0.481 e. The van der Waals surface area contributed by atoms with Crippen LogP contribution in [0.3, 0.4) is 0 Å². The van der Waals surface area contributed by atoms with Gasteiger partial charge in [0.1, 0.15) is 5.69 Å². The van der Waals surface area contributed by atoms with Gasteiger partial charge < -0.3 is 14.6 Å². The average molecular weight is 286 g/mol. The van der Waals surface area contributed by atoms with E-state index in [2.05, 4.69) is 0 Å². The molecule has 0 spiro atoms. The van der Waals surface area contributed by atoms with Gasteiger partial charge in [-0.05, 0) is 25.5 Å². The van der Waals surface area contributed by atoms with Crippen LogP contribution in [0.1, 0.15) is 23.8 Å². The number of nitrogens with zero attached hydrogens (tertiary/aromatic N) is 2. The summed E-state index contributed by atoms with van der Waals surface area (Å²) in [5, 5.41) is 10.3. The highest BCUT2D eigenvalue weighted by molar-refractivity contribution is 5.99. The summed E-state index contributed by atoms with van der Waals surface area (Å²) in [5.41, 5.74) is 0.771. The fourth-order valence-corrected chi connectivity index (χ4v) is 2.97. The number of carboxylic acids is 1. The van der Waals surface area contributed by atoms with Gasteiger partial charge >= 0.3 is 5.97 Å². The van der Waals surface area contributed by atoms with Gasteiger partial charge in [-0.3, -0.25) is 9.59 Å². The molecule has 1 aliphatic heterocycles. The Morgan fingerprint density at radius 2 is 2.00 bits per heavy atom. The lowest BCUT2D eigenvalue weighted by Gasteiger charge is -2.20. The van der Waals surface area contributed by atoms with Crippen molar-refractivity contribution in [2.24, 2.45) is 12.5 Å². The molecular weight excluding hydrogens is 268 g/mol. The van der Waals surface area contributed by atoms with E-state index in [1.807, 2.05) is 41.9 Å². The summed E-state index contributed by atoms with van der Waals surface area (Å²) >= 11 is 0. The number of carbonyl (C=O) groups excluding carboxylic acids is 1. The van der Waals surface area contributed by atoms with Gasteiger partial charge in [-0.1, -0.05) is 18.2 Å². The van der Waals surface area contributed by atoms with Crippen molar-refractivity contribution >= 4 is 22.8 Å². The molecule has 21 heavy (non-hydrogen) atoms. The molecule has 1 aliphatic rings. The normalized spacial score (nSPS) is 21.9. The van der Waals surface area contributed by atoms with E-state index in [0.29, 0.717) is 18.7 Å². The molecule has 1 saturated heterocycles.